The zero-order chi connectivity index (χ0) is 14.8. The topological polar surface area (TPSA) is 60.6 Å². The van der Waals surface area contributed by atoms with Gasteiger partial charge in [0.25, 0.3) is 0 Å². The number of fused-ring (bicyclic) bond motifs is 1. The van der Waals surface area contributed by atoms with Gasteiger partial charge in [-0.2, -0.15) is 5.10 Å². The van der Waals surface area contributed by atoms with Crippen molar-refractivity contribution in [3.8, 4) is 0 Å². The second-order valence-corrected chi connectivity index (χ2v) is 5.28. The number of aromatic nitrogens is 5. The average molecular weight is 284 g/mol. The van der Waals surface area contributed by atoms with Crippen molar-refractivity contribution in [1.82, 2.24) is 29.6 Å². The monoisotopic (exact) mass is 284 g/mol. The maximum atomic E-state index is 4.71. The Bertz CT molecular complexity index is 742. The quantitative estimate of drug-likeness (QED) is 0.773. The number of nitrogens with zero attached hydrogens (tertiary/aromatic N) is 5. The SMILES string of the molecule is CC(NCCc1ncn(C)n1)c1nc2ccccc2n1C. The van der Waals surface area contributed by atoms with Gasteiger partial charge in [0.2, 0.25) is 0 Å². The van der Waals surface area contributed by atoms with E-state index in [0.717, 1.165) is 35.6 Å². The van der Waals surface area contributed by atoms with Crippen LogP contribution in [0.1, 0.15) is 24.6 Å². The van der Waals surface area contributed by atoms with E-state index in [-0.39, 0.29) is 6.04 Å². The van der Waals surface area contributed by atoms with Gasteiger partial charge in [-0.1, -0.05) is 12.1 Å². The molecule has 1 unspecified atom stereocenters. The van der Waals surface area contributed by atoms with Gasteiger partial charge >= 0.3 is 0 Å². The van der Waals surface area contributed by atoms with Crippen molar-refractivity contribution in [2.45, 2.75) is 19.4 Å². The first kappa shape index (κ1) is 13.8. The molecule has 0 aliphatic carbocycles. The van der Waals surface area contributed by atoms with Crippen LogP contribution in [-0.2, 0) is 20.5 Å². The van der Waals surface area contributed by atoms with Crippen LogP contribution < -0.4 is 5.32 Å². The smallest absolute Gasteiger partial charge is 0.151 e. The Morgan fingerprint density at radius 2 is 2.05 bits per heavy atom. The first-order chi connectivity index (χ1) is 10.1. The van der Waals surface area contributed by atoms with Crippen LogP contribution in [0.2, 0.25) is 0 Å². The van der Waals surface area contributed by atoms with Gasteiger partial charge in [0, 0.05) is 27.1 Å². The van der Waals surface area contributed by atoms with Crippen molar-refractivity contribution in [2.24, 2.45) is 14.1 Å². The summed E-state index contributed by atoms with van der Waals surface area (Å²) in [5, 5.41) is 7.76. The minimum atomic E-state index is 0.186. The molecule has 1 atom stereocenters. The molecule has 0 bridgehead atoms. The van der Waals surface area contributed by atoms with Crippen molar-refractivity contribution in [3.63, 3.8) is 0 Å². The molecule has 0 amide bonds. The summed E-state index contributed by atoms with van der Waals surface area (Å²) < 4.78 is 3.87. The zero-order valence-electron chi connectivity index (χ0n) is 12.6. The van der Waals surface area contributed by atoms with E-state index in [1.165, 1.54) is 0 Å². The number of para-hydroxylation sites is 2. The van der Waals surface area contributed by atoms with E-state index >= 15 is 0 Å². The van der Waals surface area contributed by atoms with Crippen LogP contribution in [0.25, 0.3) is 11.0 Å². The molecule has 1 N–H and O–H groups in total. The molecule has 0 aliphatic rings. The molecule has 0 spiro atoms. The second kappa shape index (κ2) is 5.65. The first-order valence-corrected chi connectivity index (χ1v) is 7.14. The first-order valence-electron chi connectivity index (χ1n) is 7.14. The van der Waals surface area contributed by atoms with E-state index in [1.54, 1.807) is 11.0 Å². The summed E-state index contributed by atoms with van der Waals surface area (Å²) in [7, 11) is 3.94. The Labute approximate surface area is 123 Å². The highest BCUT2D eigenvalue weighted by Gasteiger charge is 2.13. The summed E-state index contributed by atoms with van der Waals surface area (Å²) in [4.78, 5) is 8.94. The van der Waals surface area contributed by atoms with Crippen LogP contribution in [0.15, 0.2) is 30.6 Å². The standard InChI is InChI=1S/C15H20N6/c1-11(16-9-8-14-17-10-20(2)19-14)15-18-12-6-4-5-7-13(12)21(15)3/h4-7,10-11,16H,8-9H2,1-3H3. The van der Waals surface area contributed by atoms with Crippen LogP contribution in [0.4, 0.5) is 0 Å². The van der Waals surface area contributed by atoms with E-state index in [2.05, 4.69) is 40.0 Å². The van der Waals surface area contributed by atoms with E-state index in [4.69, 9.17) is 4.98 Å². The molecule has 6 nitrogen and oxygen atoms in total. The Hall–Kier alpha value is -2.21. The van der Waals surface area contributed by atoms with Crippen molar-refractivity contribution in [3.05, 3.63) is 42.2 Å². The number of hydrogen-bond acceptors (Lipinski definition) is 4. The number of imidazole rings is 1. The van der Waals surface area contributed by atoms with Gasteiger partial charge in [0.05, 0.1) is 17.1 Å². The van der Waals surface area contributed by atoms with E-state index in [0.29, 0.717) is 0 Å². The second-order valence-electron chi connectivity index (χ2n) is 5.28. The largest absolute Gasteiger partial charge is 0.330 e. The lowest BCUT2D eigenvalue weighted by Gasteiger charge is -2.13. The number of benzene rings is 1. The molecule has 1 aromatic carbocycles. The van der Waals surface area contributed by atoms with Crippen LogP contribution in [0, 0.1) is 0 Å². The van der Waals surface area contributed by atoms with Crippen LogP contribution >= 0.6 is 0 Å². The molecule has 6 heteroatoms. The molecule has 110 valence electrons. The molecule has 0 saturated heterocycles. The number of nitrogens with one attached hydrogen (secondary N) is 1. The molecular formula is C15H20N6. The van der Waals surface area contributed by atoms with E-state index < -0.39 is 0 Å². The summed E-state index contributed by atoms with van der Waals surface area (Å²) in [5.74, 6) is 1.91. The van der Waals surface area contributed by atoms with E-state index in [1.807, 2.05) is 25.2 Å². The predicted octanol–water partition coefficient (Wildman–Crippen LogP) is 1.60. The molecule has 0 radical (unpaired) electrons. The van der Waals surface area contributed by atoms with Crippen molar-refractivity contribution in [2.75, 3.05) is 6.54 Å². The third-order valence-corrected chi connectivity index (χ3v) is 3.66. The summed E-state index contributed by atoms with van der Waals surface area (Å²) >= 11 is 0. The summed E-state index contributed by atoms with van der Waals surface area (Å²) in [5.41, 5.74) is 2.20. The lowest BCUT2D eigenvalue weighted by molar-refractivity contribution is 0.531. The molecular weight excluding hydrogens is 264 g/mol. The van der Waals surface area contributed by atoms with Crippen molar-refractivity contribution >= 4 is 11.0 Å². The highest BCUT2D eigenvalue weighted by Crippen LogP contribution is 2.18. The fourth-order valence-corrected chi connectivity index (χ4v) is 2.54. The minimum Gasteiger partial charge on any atom is -0.330 e. The lowest BCUT2D eigenvalue weighted by atomic mass is 10.3. The summed E-state index contributed by atoms with van der Waals surface area (Å²) in [6.45, 7) is 2.96. The van der Waals surface area contributed by atoms with Gasteiger partial charge in [-0.05, 0) is 19.1 Å². The Morgan fingerprint density at radius 3 is 2.76 bits per heavy atom. The molecule has 2 aromatic heterocycles. The fourth-order valence-electron chi connectivity index (χ4n) is 2.54. The Balaban J connectivity index is 1.66. The van der Waals surface area contributed by atoms with Crippen LogP contribution in [0.5, 0.6) is 0 Å². The van der Waals surface area contributed by atoms with Crippen LogP contribution in [0.3, 0.4) is 0 Å². The van der Waals surface area contributed by atoms with Gasteiger partial charge < -0.3 is 9.88 Å². The molecule has 0 saturated carbocycles. The van der Waals surface area contributed by atoms with Gasteiger partial charge in [-0.25, -0.2) is 9.97 Å². The summed E-state index contributed by atoms with van der Waals surface area (Å²) in [6.07, 6.45) is 2.54. The molecule has 21 heavy (non-hydrogen) atoms. The highest BCUT2D eigenvalue weighted by atomic mass is 15.3. The zero-order valence-corrected chi connectivity index (χ0v) is 12.6. The lowest BCUT2D eigenvalue weighted by Crippen LogP contribution is -2.24. The third kappa shape index (κ3) is 2.80. The van der Waals surface area contributed by atoms with Crippen molar-refractivity contribution in [1.29, 1.82) is 0 Å². The third-order valence-electron chi connectivity index (χ3n) is 3.66. The molecule has 0 aliphatic heterocycles. The minimum absolute atomic E-state index is 0.186. The average Bonchev–Trinajstić information content (AvgIpc) is 3.03. The van der Waals surface area contributed by atoms with Gasteiger partial charge in [0.15, 0.2) is 5.82 Å². The highest BCUT2D eigenvalue weighted by molar-refractivity contribution is 5.75. The van der Waals surface area contributed by atoms with Crippen LogP contribution in [-0.4, -0.2) is 30.9 Å². The molecule has 3 aromatic rings. The molecule has 2 heterocycles. The van der Waals surface area contributed by atoms with Crippen molar-refractivity contribution < 1.29 is 0 Å². The molecule has 3 rings (SSSR count). The Kier molecular flexibility index (Phi) is 3.70. The predicted molar refractivity (Wildman–Crippen MR) is 81.8 cm³/mol. The van der Waals surface area contributed by atoms with E-state index in [9.17, 15) is 0 Å². The number of rotatable bonds is 5. The number of hydrogen-bond donors (Lipinski definition) is 1. The summed E-state index contributed by atoms with van der Waals surface area (Å²) in [6, 6.07) is 8.38. The Morgan fingerprint density at radius 1 is 1.24 bits per heavy atom. The van der Waals surface area contributed by atoms with Gasteiger partial charge in [0.1, 0.15) is 12.2 Å². The maximum absolute atomic E-state index is 4.71. The normalized spacial score (nSPS) is 12.9. The fraction of sp³-hybridized carbons (Fsp3) is 0.400. The number of aryl methyl sites for hydroxylation is 2. The van der Waals surface area contributed by atoms with Gasteiger partial charge in [-0.15, -0.1) is 0 Å². The molecule has 0 fully saturated rings. The maximum Gasteiger partial charge on any atom is 0.151 e. The van der Waals surface area contributed by atoms with Gasteiger partial charge in [-0.3, -0.25) is 4.68 Å².